The molecule has 2 aromatic heterocycles. The van der Waals surface area contributed by atoms with E-state index in [0.717, 1.165) is 67.7 Å². The van der Waals surface area contributed by atoms with Crippen molar-refractivity contribution in [3.8, 4) is 0 Å². The Morgan fingerprint density at radius 3 is 2.63 bits per heavy atom. The molecule has 2 saturated heterocycles. The summed E-state index contributed by atoms with van der Waals surface area (Å²) in [6.45, 7) is 4.36. The second-order valence-corrected chi connectivity index (χ2v) is 8.22. The molecule has 138 valence electrons. The van der Waals surface area contributed by atoms with Gasteiger partial charge < -0.3 is 16.0 Å². The largest absolute Gasteiger partial charge is 0.365 e. The molecule has 6 heteroatoms. The Bertz CT molecular complexity index is 1090. The van der Waals surface area contributed by atoms with Crippen molar-refractivity contribution in [1.29, 1.82) is 0 Å². The first kappa shape index (κ1) is 15.5. The lowest BCUT2D eigenvalue weighted by Crippen LogP contribution is -2.29. The first-order valence-corrected chi connectivity index (χ1v) is 9.92. The fourth-order valence-corrected chi connectivity index (χ4v) is 5.56. The summed E-state index contributed by atoms with van der Waals surface area (Å²) in [5.41, 5.74) is 11.6. The highest BCUT2D eigenvalue weighted by molar-refractivity contribution is 6.03. The van der Waals surface area contributed by atoms with E-state index in [1.165, 1.54) is 11.4 Å². The van der Waals surface area contributed by atoms with Crippen LogP contribution in [0.2, 0.25) is 0 Å². The zero-order valence-electron chi connectivity index (χ0n) is 15.2. The average Bonchev–Trinajstić information content (AvgIpc) is 3.40. The van der Waals surface area contributed by atoms with E-state index >= 15 is 0 Å². The molecule has 3 aromatic rings. The zero-order chi connectivity index (χ0) is 18.1. The van der Waals surface area contributed by atoms with Gasteiger partial charge in [-0.05, 0) is 54.4 Å². The second kappa shape index (κ2) is 5.45. The Hall–Kier alpha value is -2.60. The van der Waals surface area contributed by atoms with Gasteiger partial charge in [-0.15, -0.1) is 0 Å². The van der Waals surface area contributed by atoms with E-state index in [1.54, 1.807) is 0 Å². The quantitative estimate of drug-likeness (QED) is 0.729. The van der Waals surface area contributed by atoms with E-state index in [9.17, 15) is 4.79 Å². The maximum absolute atomic E-state index is 12.4. The third-order valence-electron chi connectivity index (χ3n) is 6.72. The van der Waals surface area contributed by atoms with Crippen LogP contribution in [-0.2, 0) is 12.8 Å². The summed E-state index contributed by atoms with van der Waals surface area (Å²) in [5.74, 6) is 2.32. The number of rotatable bonds is 2. The molecule has 2 fully saturated rings. The molecular formula is C21H23N5O. The van der Waals surface area contributed by atoms with Crippen LogP contribution in [0, 0.1) is 11.8 Å². The lowest BCUT2D eigenvalue weighted by atomic mass is 10.0. The van der Waals surface area contributed by atoms with Crippen molar-refractivity contribution in [3.63, 3.8) is 0 Å². The Morgan fingerprint density at radius 2 is 1.85 bits per heavy atom. The molecular weight excluding hydrogens is 338 g/mol. The first-order valence-electron chi connectivity index (χ1n) is 9.92. The molecule has 0 spiro atoms. The number of carbonyl (C=O) groups is 1. The van der Waals surface area contributed by atoms with Gasteiger partial charge in [0.1, 0.15) is 5.82 Å². The highest BCUT2D eigenvalue weighted by atomic mass is 16.1. The van der Waals surface area contributed by atoms with Gasteiger partial charge in [-0.1, -0.05) is 12.1 Å². The van der Waals surface area contributed by atoms with Crippen LogP contribution in [0.4, 0.5) is 5.82 Å². The fourth-order valence-electron chi connectivity index (χ4n) is 5.56. The Kier molecular flexibility index (Phi) is 3.12. The highest BCUT2D eigenvalue weighted by Gasteiger charge is 2.39. The standard InChI is InChI=1S/C21H23N5O/c22-19(27)18-14-4-3-5-15(14)21(25-10-12-8-23-9-13(12)11-25)26-17-7-2-1-6-16(17)24-20(18)26/h1-2,6-7,12-13,23H,3-5,8-11H2,(H2,22,27)/t12-,13?/m0/s1. The van der Waals surface area contributed by atoms with Crippen molar-refractivity contribution >= 4 is 28.4 Å². The average molecular weight is 361 g/mol. The number of hydrogen-bond acceptors (Lipinski definition) is 4. The van der Waals surface area contributed by atoms with Crippen LogP contribution in [0.5, 0.6) is 0 Å². The third kappa shape index (κ3) is 2.04. The first-order chi connectivity index (χ1) is 13.2. The smallest absolute Gasteiger partial charge is 0.252 e. The molecule has 1 unspecified atom stereocenters. The minimum atomic E-state index is -0.359. The summed E-state index contributed by atoms with van der Waals surface area (Å²) in [6.07, 6.45) is 3.01. The molecule has 6 rings (SSSR count). The third-order valence-corrected chi connectivity index (χ3v) is 6.72. The van der Waals surface area contributed by atoms with Gasteiger partial charge >= 0.3 is 0 Å². The molecule has 0 radical (unpaired) electrons. The highest BCUT2D eigenvalue weighted by Crippen LogP contribution is 2.41. The van der Waals surface area contributed by atoms with Gasteiger partial charge in [0.2, 0.25) is 0 Å². The zero-order valence-corrected chi connectivity index (χ0v) is 15.2. The Labute approximate surface area is 157 Å². The van der Waals surface area contributed by atoms with E-state index in [0.29, 0.717) is 17.4 Å². The van der Waals surface area contributed by atoms with E-state index in [2.05, 4.69) is 20.7 Å². The van der Waals surface area contributed by atoms with Crippen LogP contribution in [0.3, 0.4) is 0 Å². The maximum atomic E-state index is 12.4. The van der Waals surface area contributed by atoms with Gasteiger partial charge in [0.15, 0.2) is 5.65 Å². The van der Waals surface area contributed by atoms with Gasteiger partial charge in [0.05, 0.1) is 16.6 Å². The number of hydrogen-bond donors (Lipinski definition) is 2. The van der Waals surface area contributed by atoms with Crippen molar-refractivity contribution in [3.05, 3.63) is 41.0 Å². The number of primary amides is 1. The number of para-hydroxylation sites is 2. The van der Waals surface area contributed by atoms with Crippen molar-refractivity contribution in [2.45, 2.75) is 19.3 Å². The van der Waals surface area contributed by atoms with Crippen LogP contribution in [0.1, 0.15) is 27.9 Å². The summed E-state index contributed by atoms with van der Waals surface area (Å²) in [6, 6.07) is 8.16. The fraction of sp³-hybridized carbons (Fsp3) is 0.429. The summed E-state index contributed by atoms with van der Waals surface area (Å²) in [4.78, 5) is 19.8. The number of fused-ring (bicyclic) bond motifs is 5. The number of nitrogens with two attached hydrogens (primary N) is 1. The number of benzene rings is 1. The molecule has 1 amide bonds. The van der Waals surface area contributed by atoms with E-state index in [4.69, 9.17) is 10.7 Å². The lowest BCUT2D eigenvalue weighted by molar-refractivity contribution is 0.100. The van der Waals surface area contributed by atoms with E-state index < -0.39 is 0 Å². The Morgan fingerprint density at radius 1 is 1.11 bits per heavy atom. The van der Waals surface area contributed by atoms with Gasteiger partial charge in [-0.25, -0.2) is 4.98 Å². The number of anilines is 1. The molecule has 1 aliphatic carbocycles. The molecule has 1 aromatic carbocycles. The van der Waals surface area contributed by atoms with Crippen LogP contribution in [-0.4, -0.2) is 41.5 Å². The van der Waals surface area contributed by atoms with Gasteiger partial charge in [-0.2, -0.15) is 0 Å². The predicted molar refractivity (Wildman–Crippen MR) is 105 cm³/mol. The van der Waals surface area contributed by atoms with Crippen LogP contribution in [0.25, 0.3) is 16.7 Å². The molecule has 0 bridgehead atoms. The van der Waals surface area contributed by atoms with Crippen molar-refractivity contribution in [2.75, 3.05) is 31.1 Å². The summed E-state index contributed by atoms with van der Waals surface area (Å²) in [7, 11) is 0. The van der Waals surface area contributed by atoms with Gasteiger partial charge in [0, 0.05) is 26.2 Å². The number of nitrogens with zero attached hydrogens (tertiary/aromatic N) is 3. The number of pyridine rings is 1. The minimum absolute atomic E-state index is 0.359. The van der Waals surface area contributed by atoms with Crippen molar-refractivity contribution in [1.82, 2.24) is 14.7 Å². The summed E-state index contributed by atoms with van der Waals surface area (Å²) >= 11 is 0. The van der Waals surface area contributed by atoms with Crippen LogP contribution >= 0.6 is 0 Å². The SMILES string of the molecule is NC(=O)c1c2c(c(N3CC4CNC[C@H]4C3)n3c1nc1ccccc13)CCC2. The van der Waals surface area contributed by atoms with Crippen LogP contribution in [0.15, 0.2) is 24.3 Å². The number of carbonyl (C=O) groups excluding carboxylic acids is 1. The maximum Gasteiger partial charge on any atom is 0.252 e. The molecule has 3 aliphatic rings. The Balaban J connectivity index is 1.69. The predicted octanol–water partition coefficient (Wildman–Crippen LogP) is 1.73. The number of imidazole rings is 1. The van der Waals surface area contributed by atoms with Crippen molar-refractivity contribution in [2.24, 2.45) is 17.6 Å². The number of nitrogens with one attached hydrogen (secondary N) is 1. The molecule has 2 aliphatic heterocycles. The number of aromatic nitrogens is 2. The lowest BCUT2D eigenvalue weighted by Gasteiger charge is -2.26. The molecule has 27 heavy (non-hydrogen) atoms. The molecule has 4 heterocycles. The van der Waals surface area contributed by atoms with Gasteiger partial charge in [-0.3, -0.25) is 9.20 Å². The van der Waals surface area contributed by atoms with E-state index in [-0.39, 0.29) is 5.91 Å². The molecule has 3 N–H and O–H groups in total. The number of amides is 1. The molecule has 6 nitrogen and oxygen atoms in total. The van der Waals surface area contributed by atoms with Crippen molar-refractivity contribution < 1.29 is 4.79 Å². The van der Waals surface area contributed by atoms with Gasteiger partial charge in [0.25, 0.3) is 5.91 Å². The summed E-state index contributed by atoms with van der Waals surface area (Å²) < 4.78 is 2.22. The van der Waals surface area contributed by atoms with E-state index in [1.807, 2.05) is 18.2 Å². The monoisotopic (exact) mass is 361 g/mol. The second-order valence-electron chi connectivity index (χ2n) is 8.22. The molecule has 2 atom stereocenters. The van der Waals surface area contributed by atoms with Crippen LogP contribution < -0.4 is 16.0 Å². The topological polar surface area (TPSA) is 75.7 Å². The summed E-state index contributed by atoms with van der Waals surface area (Å²) in [5, 5.41) is 3.53. The molecule has 0 saturated carbocycles. The minimum Gasteiger partial charge on any atom is -0.365 e. The normalized spacial score (nSPS) is 24.1.